The average molecular weight is 249 g/mol. The van der Waals surface area contributed by atoms with Gasteiger partial charge in [-0.05, 0) is 22.3 Å². The zero-order valence-electron chi connectivity index (χ0n) is 10.1. The third-order valence-electron chi connectivity index (χ3n) is 4.03. The molecule has 2 aromatic rings. The van der Waals surface area contributed by atoms with Crippen molar-refractivity contribution in [1.82, 2.24) is 5.32 Å². The predicted octanol–water partition coefficient (Wildman–Crippen LogP) is 2.19. The molecule has 1 fully saturated rings. The van der Waals surface area contributed by atoms with Crippen LogP contribution in [0.3, 0.4) is 0 Å². The summed E-state index contributed by atoms with van der Waals surface area (Å²) in [6.07, 6.45) is 0. The number of fused-ring (bicyclic) bond motifs is 6. The van der Waals surface area contributed by atoms with Crippen LogP contribution in [0.15, 0.2) is 48.5 Å². The Morgan fingerprint density at radius 3 is 1.58 bits per heavy atom. The van der Waals surface area contributed by atoms with E-state index in [0.717, 1.165) is 22.3 Å². The Kier molecular flexibility index (Phi) is 1.96. The molecule has 0 aromatic heterocycles. The van der Waals surface area contributed by atoms with E-state index >= 15 is 0 Å². The average Bonchev–Trinajstić information content (AvgIpc) is 2.75. The Balaban J connectivity index is 2.08. The Morgan fingerprint density at radius 2 is 1.11 bits per heavy atom. The minimum absolute atomic E-state index is 0.183. The van der Waals surface area contributed by atoms with Crippen molar-refractivity contribution in [2.45, 2.75) is 11.8 Å². The highest BCUT2D eigenvalue weighted by atomic mass is 16.2. The maximum absolute atomic E-state index is 12.1. The van der Waals surface area contributed by atoms with E-state index in [9.17, 15) is 9.59 Å². The van der Waals surface area contributed by atoms with Crippen LogP contribution in [0.1, 0.15) is 23.0 Å². The Bertz CT molecular complexity index is 659. The number of carbonyl (C=O) groups is 2. The van der Waals surface area contributed by atoms with E-state index in [1.807, 2.05) is 48.5 Å². The van der Waals surface area contributed by atoms with Gasteiger partial charge in [-0.1, -0.05) is 48.5 Å². The summed E-state index contributed by atoms with van der Waals surface area (Å²) in [5.74, 6) is -1.12. The first-order chi connectivity index (χ1) is 9.27. The number of hydrogen-bond donors (Lipinski definition) is 1. The van der Waals surface area contributed by atoms with E-state index in [1.54, 1.807) is 0 Å². The largest absolute Gasteiger partial charge is 0.295 e. The van der Waals surface area contributed by atoms with Gasteiger partial charge in [-0.2, -0.15) is 0 Å². The third-order valence-corrected chi connectivity index (χ3v) is 4.03. The molecule has 92 valence electrons. The van der Waals surface area contributed by atoms with Gasteiger partial charge in [0.1, 0.15) is 0 Å². The molecule has 0 bridgehead atoms. The predicted molar refractivity (Wildman–Crippen MR) is 70.5 cm³/mol. The number of carbonyl (C=O) groups excluding carboxylic acids is 2. The van der Waals surface area contributed by atoms with Gasteiger partial charge in [0.15, 0.2) is 0 Å². The molecule has 0 radical (unpaired) electrons. The lowest BCUT2D eigenvalue weighted by molar-refractivity contribution is -0.125. The molecule has 0 saturated carbocycles. The highest BCUT2D eigenvalue weighted by molar-refractivity contribution is 6.12. The monoisotopic (exact) mass is 249 g/mol. The van der Waals surface area contributed by atoms with Crippen LogP contribution < -0.4 is 5.32 Å². The van der Waals surface area contributed by atoms with Gasteiger partial charge in [0.2, 0.25) is 11.8 Å². The molecule has 1 aliphatic carbocycles. The number of benzene rings is 2. The van der Waals surface area contributed by atoms with E-state index in [4.69, 9.17) is 0 Å². The molecule has 2 amide bonds. The smallest absolute Gasteiger partial charge is 0.235 e. The fraction of sp³-hybridized carbons (Fsp3) is 0.125. The molecule has 3 heteroatoms. The lowest BCUT2D eigenvalue weighted by atomic mass is 9.73. The quantitative estimate of drug-likeness (QED) is 0.727. The van der Waals surface area contributed by atoms with Gasteiger partial charge in [0.25, 0.3) is 0 Å². The number of hydrogen-bond acceptors (Lipinski definition) is 2. The normalized spacial score (nSPS) is 23.4. The summed E-state index contributed by atoms with van der Waals surface area (Å²) in [6.45, 7) is 0. The Morgan fingerprint density at radius 1 is 0.684 bits per heavy atom. The van der Waals surface area contributed by atoms with Crippen LogP contribution in [-0.2, 0) is 9.59 Å². The molecule has 2 unspecified atom stereocenters. The molecule has 2 atom stereocenters. The summed E-state index contributed by atoms with van der Waals surface area (Å²) in [7, 11) is 0. The summed E-state index contributed by atoms with van der Waals surface area (Å²) >= 11 is 0. The number of amides is 2. The van der Waals surface area contributed by atoms with Gasteiger partial charge in [-0.15, -0.1) is 0 Å². The van der Waals surface area contributed by atoms with Gasteiger partial charge in [-0.3, -0.25) is 14.9 Å². The topological polar surface area (TPSA) is 46.2 Å². The molecular weight excluding hydrogens is 238 g/mol. The van der Waals surface area contributed by atoms with E-state index in [0.29, 0.717) is 0 Å². The van der Waals surface area contributed by atoms with Crippen molar-refractivity contribution >= 4 is 11.8 Å². The van der Waals surface area contributed by atoms with Crippen molar-refractivity contribution in [3.8, 4) is 11.1 Å². The second-order valence-corrected chi connectivity index (χ2v) is 4.98. The summed E-state index contributed by atoms with van der Waals surface area (Å²) < 4.78 is 0. The third kappa shape index (κ3) is 1.27. The molecule has 3 nitrogen and oxygen atoms in total. The highest BCUT2D eigenvalue weighted by Gasteiger charge is 2.47. The maximum Gasteiger partial charge on any atom is 0.235 e. The number of rotatable bonds is 0. The van der Waals surface area contributed by atoms with Crippen molar-refractivity contribution in [2.24, 2.45) is 0 Å². The molecular formula is C16H11NO2. The van der Waals surface area contributed by atoms with Crippen molar-refractivity contribution in [3.63, 3.8) is 0 Å². The van der Waals surface area contributed by atoms with Crippen LogP contribution in [0.2, 0.25) is 0 Å². The summed E-state index contributed by atoms with van der Waals surface area (Å²) in [5.41, 5.74) is 4.03. The molecule has 0 spiro atoms. The molecule has 2 aromatic carbocycles. The lowest BCUT2D eigenvalue weighted by Gasteiger charge is -2.27. The summed E-state index contributed by atoms with van der Waals surface area (Å²) in [5, 5.41) is 2.46. The molecule has 1 heterocycles. The van der Waals surface area contributed by atoms with Gasteiger partial charge < -0.3 is 0 Å². The van der Waals surface area contributed by atoms with Crippen molar-refractivity contribution in [2.75, 3.05) is 0 Å². The zero-order valence-corrected chi connectivity index (χ0v) is 10.1. The Hall–Kier alpha value is -2.42. The Labute approximate surface area is 110 Å². The van der Waals surface area contributed by atoms with Crippen LogP contribution in [0, 0.1) is 0 Å². The zero-order chi connectivity index (χ0) is 13.0. The highest BCUT2D eigenvalue weighted by Crippen LogP contribution is 2.48. The fourth-order valence-corrected chi connectivity index (χ4v) is 3.25. The van der Waals surface area contributed by atoms with Gasteiger partial charge in [-0.25, -0.2) is 0 Å². The van der Waals surface area contributed by atoms with E-state index in [1.165, 1.54) is 0 Å². The van der Waals surface area contributed by atoms with E-state index in [2.05, 4.69) is 5.32 Å². The minimum Gasteiger partial charge on any atom is -0.295 e. The molecule has 1 aliphatic heterocycles. The molecule has 19 heavy (non-hydrogen) atoms. The van der Waals surface area contributed by atoms with Crippen LogP contribution >= 0.6 is 0 Å². The van der Waals surface area contributed by atoms with Crippen LogP contribution in [0.25, 0.3) is 11.1 Å². The van der Waals surface area contributed by atoms with Crippen LogP contribution in [0.5, 0.6) is 0 Å². The van der Waals surface area contributed by atoms with Gasteiger partial charge in [0, 0.05) is 0 Å². The first-order valence-electron chi connectivity index (χ1n) is 6.30. The van der Waals surface area contributed by atoms with Crippen molar-refractivity contribution < 1.29 is 9.59 Å². The van der Waals surface area contributed by atoms with Crippen molar-refractivity contribution in [1.29, 1.82) is 0 Å². The molecule has 2 aliphatic rings. The first-order valence-corrected chi connectivity index (χ1v) is 6.30. The standard InChI is InChI=1S/C16H11NO2/c18-15-13-11-7-3-1-5-9(11)10-6-2-4-8-12(10)14(13)16(19)17-15/h1-8,13-14H,(H,17,18,19). The first kappa shape index (κ1) is 10.5. The van der Waals surface area contributed by atoms with Crippen LogP contribution in [-0.4, -0.2) is 11.8 Å². The SMILES string of the molecule is O=C1NC(=O)C2c3ccccc3-c3ccccc3C12. The molecule has 4 rings (SSSR count). The lowest BCUT2D eigenvalue weighted by Crippen LogP contribution is -2.21. The maximum atomic E-state index is 12.1. The van der Waals surface area contributed by atoms with E-state index < -0.39 is 0 Å². The van der Waals surface area contributed by atoms with E-state index in [-0.39, 0.29) is 23.7 Å². The molecule has 1 saturated heterocycles. The number of nitrogens with one attached hydrogen (secondary N) is 1. The second kappa shape index (κ2) is 3.54. The summed E-state index contributed by atoms with van der Waals surface area (Å²) in [4.78, 5) is 24.1. The van der Waals surface area contributed by atoms with Gasteiger partial charge >= 0.3 is 0 Å². The fourth-order valence-electron chi connectivity index (χ4n) is 3.25. The minimum atomic E-state index is -0.376. The molecule has 1 N–H and O–H groups in total. The van der Waals surface area contributed by atoms with Crippen molar-refractivity contribution in [3.05, 3.63) is 59.7 Å². The number of imide groups is 1. The summed E-state index contributed by atoms with van der Waals surface area (Å²) in [6, 6.07) is 15.7. The second-order valence-electron chi connectivity index (χ2n) is 4.98. The van der Waals surface area contributed by atoms with Crippen LogP contribution in [0.4, 0.5) is 0 Å². The van der Waals surface area contributed by atoms with Gasteiger partial charge in [0.05, 0.1) is 11.8 Å².